The van der Waals surface area contributed by atoms with Crippen LogP contribution in [0.4, 0.5) is 0 Å². The van der Waals surface area contributed by atoms with Gasteiger partial charge in [-0.05, 0) is 12.8 Å². The average Bonchev–Trinajstić information content (AvgIpc) is 2.77. The Hall–Kier alpha value is -1.76. The number of terminal acetylenes is 1. The van der Waals surface area contributed by atoms with Gasteiger partial charge < -0.3 is 10.3 Å². The molecule has 0 radical (unpaired) electrons. The molecule has 1 rings (SSSR count). The number of H-pyrrole nitrogens is 1. The molecule has 0 aliphatic heterocycles. The van der Waals surface area contributed by atoms with Gasteiger partial charge in [0.25, 0.3) is 0 Å². The fraction of sp³-hybridized carbons (Fsp3) is 0.500. The Morgan fingerprint density at radius 3 is 3.12 bits per heavy atom. The molecule has 4 heteroatoms. The Morgan fingerprint density at radius 1 is 1.56 bits per heavy atom. The van der Waals surface area contributed by atoms with Crippen molar-refractivity contribution >= 4 is 5.91 Å². The Bertz CT molecular complexity index is 338. The summed E-state index contributed by atoms with van der Waals surface area (Å²) in [5.41, 5.74) is 1.03. The van der Waals surface area contributed by atoms with Gasteiger partial charge in [-0.25, -0.2) is 4.98 Å². The van der Waals surface area contributed by atoms with Gasteiger partial charge in [0.1, 0.15) is 0 Å². The smallest absolute Gasteiger partial charge is 0.220 e. The minimum absolute atomic E-state index is 0.0940. The number of carbonyl (C=O) groups excluding carboxylic acids is 1. The molecule has 0 spiro atoms. The van der Waals surface area contributed by atoms with E-state index < -0.39 is 0 Å². The molecule has 0 fully saturated rings. The number of aromatic amines is 1. The summed E-state index contributed by atoms with van der Waals surface area (Å²) in [5.74, 6) is 2.65. The number of imidazole rings is 1. The minimum Gasteiger partial charge on any atom is -0.356 e. The van der Waals surface area contributed by atoms with Crippen LogP contribution in [0.3, 0.4) is 0 Å². The minimum atomic E-state index is 0.0940. The third kappa shape index (κ3) is 5.20. The number of carbonyl (C=O) groups is 1. The molecule has 1 amide bonds. The van der Waals surface area contributed by atoms with Crippen LogP contribution in [0.1, 0.15) is 31.4 Å². The summed E-state index contributed by atoms with van der Waals surface area (Å²) in [4.78, 5) is 18.2. The van der Waals surface area contributed by atoms with Crippen molar-refractivity contribution < 1.29 is 4.79 Å². The highest BCUT2D eigenvalue weighted by atomic mass is 16.1. The first-order chi connectivity index (χ1) is 7.83. The predicted molar refractivity (Wildman–Crippen MR) is 62.6 cm³/mol. The summed E-state index contributed by atoms with van der Waals surface area (Å²) in [6, 6.07) is 0. The van der Waals surface area contributed by atoms with Gasteiger partial charge in [-0.2, -0.15) is 0 Å². The molecule has 2 N–H and O–H groups in total. The molecule has 86 valence electrons. The first kappa shape index (κ1) is 12.3. The molecule has 0 unspecified atom stereocenters. The van der Waals surface area contributed by atoms with Crippen molar-refractivity contribution in [3.05, 3.63) is 18.2 Å². The highest BCUT2D eigenvalue weighted by molar-refractivity contribution is 5.75. The van der Waals surface area contributed by atoms with E-state index in [2.05, 4.69) is 21.2 Å². The zero-order valence-corrected chi connectivity index (χ0v) is 9.33. The molecule has 0 atom stereocenters. The lowest BCUT2D eigenvalue weighted by atomic mass is 10.2. The largest absolute Gasteiger partial charge is 0.356 e. The van der Waals surface area contributed by atoms with E-state index in [0.29, 0.717) is 13.0 Å². The summed E-state index contributed by atoms with van der Waals surface area (Å²) < 4.78 is 0. The summed E-state index contributed by atoms with van der Waals surface area (Å²) in [6.07, 6.45) is 12.4. The van der Waals surface area contributed by atoms with E-state index >= 15 is 0 Å². The van der Waals surface area contributed by atoms with E-state index in [4.69, 9.17) is 6.42 Å². The molecule has 0 bridgehead atoms. The van der Waals surface area contributed by atoms with Crippen molar-refractivity contribution in [3.63, 3.8) is 0 Å². The van der Waals surface area contributed by atoms with Crippen LogP contribution in [-0.2, 0) is 11.2 Å². The molecule has 16 heavy (non-hydrogen) atoms. The lowest BCUT2D eigenvalue weighted by Crippen LogP contribution is -2.25. The topological polar surface area (TPSA) is 57.8 Å². The quantitative estimate of drug-likeness (QED) is 0.536. The molecule has 1 heterocycles. The summed E-state index contributed by atoms with van der Waals surface area (Å²) in [5, 5.41) is 2.86. The molecule has 0 saturated heterocycles. The summed E-state index contributed by atoms with van der Waals surface area (Å²) in [6.45, 7) is 0.649. The average molecular weight is 219 g/mol. The Kier molecular flexibility index (Phi) is 5.79. The highest BCUT2D eigenvalue weighted by Crippen LogP contribution is 1.98. The second-order valence-electron chi connectivity index (χ2n) is 3.59. The SMILES string of the molecule is C#CCCCCC(=O)NCCc1cnc[nH]1. The zero-order chi connectivity index (χ0) is 11.6. The van der Waals surface area contributed by atoms with Crippen LogP contribution in [0.5, 0.6) is 0 Å². The molecule has 0 aliphatic carbocycles. The van der Waals surface area contributed by atoms with Gasteiger partial charge in [0, 0.05) is 37.7 Å². The molecule has 0 saturated carbocycles. The van der Waals surface area contributed by atoms with Gasteiger partial charge in [-0.3, -0.25) is 4.79 Å². The van der Waals surface area contributed by atoms with Crippen molar-refractivity contribution in [2.45, 2.75) is 32.1 Å². The predicted octanol–water partition coefficient (Wildman–Crippen LogP) is 1.26. The number of nitrogens with one attached hydrogen (secondary N) is 2. The third-order valence-electron chi connectivity index (χ3n) is 2.25. The van der Waals surface area contributed by atoms with Crippen LogP contribution in [0.2, 0.25) is 0 Å². The Balaban J connectivity index is 2.00. The highest BCUT2D eigenvalue weighted by Gasteiger charge is 2.00. The normalized spacial score (nSPS) is 9.69. The van der Waals surface area contributed by atoms with Crippen molar-refractivity contribution in [1.29, 1.82) is 0 Å². The van der Waals surface area contributed by atoms with Gasteiger partial charge in [-0.15, -0.1) is 12.3 Å². The van der Waals surface area contributed by atoms with Crippen molar-refractivity contribution in [3.8, 4) is 12.3 Å². The van der Waals surface area contributed by atoms with Crippen LogP contribution in [0.15, 0.2) is 12.5 Å². The molecule has 0 aromatic carbocycles. The fourth-order valence-corrected chi connectivity index (χ4v) is 1.36. The maximum absolute atomic E-state index is 11.3. The first-order valence-corrected chi connectivity index (χ1v) is 5.50. The van der Waals surface area contributed by atoms with E-state index in [-0.39, 0.29) is 5.91 Å². The maximum atomic E-state index is 11.3. The number of amides is 1. The molecule has 0 aliphatic rings. The third-order valence-corrected chi connectivity index (χ3v) is 2.25. The number of unbranched alkanes of at least 4 members (excludes halogenated alkanes) is 2. The van der Waals surface area contributed by atoms with Crippen LogP contribution in [-0.4, -0.2) is 22.4 Å². The lowest BCUT2D eigenvalue weighted by molar-refractivity contribution is -0.121. The molecular weight excluding hydrogens is 202 g/mol. The van der Waals surface area contributed by atoms with E-state index in [1.807, 2.05) is 0 Å². The van der Waals surface area contributed by atoms with Gasteiger partial charge in [0.05, 0.1) is 6.33 Å². The van der Waals surface area contributed by atoms with Crippen LogP contribution < -0.4 is 5.32 Å². The molecular formula is C12H17N3O. The number of hydrogen-bond acceptors (Lipinski definition) is 2. The number of hydrogen-bond donors (Lipinski definition) is 2. The fourth-order valence-electron chi connectivity index (χ4n) is 1.36. The van der Waals surface area contributed by atoms with Crippen LogP contribution in [0.25, 0.3) is 0 Å². The standard InChI is InChI=1S/C12H17N3O/c1-2-3-4-5-6-12(16)14-8-7-11-9-13-10-15-11/h1,9-10H,3-8H2,(H,13,15)(H,14,16). The number of aromatic nitrogens is 2. The molecule has 1 aromatic heterocycles. The van der Waals surface area contributed by atoms with E-state index in [0.717, 1.165) is 31.4 Å². The van der Waals surface area contributed by atoms with Gasteiger partial charge >= 0.3 is 0 Å². The van der Waals surface area contributed by atoms with Gasteiger partial charge in [-0.1, -0.05) is 0 Å². The molecule has 4 nitrogen and oxygen atoms in total. The number of nitrogens with zero attached hydrogens (tertiary/aromatic N) is 1. The van der Waals surface area contributed by atoms with E-state index in [1.54, 1.807) is 12.5 Å². The second kappa shape index (κ2) is 7.52. The van der Waals surface area contributed by atoms with Crippen LogP contribution >= 0.6 is 0 Å². The summed E-state index contributed by atoms with van der Waals surface area (Å²) in [7, 11) is 0. The number of rotatable bonds is 7. The van der Waals surface area contributed by atoms with Crippen LogP contribution in [0, 0.1) is 12.3 Å². The zero-order valence-electron chi connectivity index (χ0n) is 9.33. The molecule has 1 aromatic rings. The Labute approximate surface area is 95.9 Å². The van der Waals surface area contributed by atoms with E-state index in [9.17, 15) is 4.79 Å². The van der Waals surface area contributed by atoms with Gasteiger partial charge in [0.2, 0.25) is 5.91 Å². The van der Waals surface area contributed by atoms with Crippen molar-refractivity contribution in [2.75, 3.05) is 6.54 Å². The Morgan fingerprint density at radius 2 is 2.44 bits per heavy atom. The lowest BCUT2D eigenvalue weighted by Gasteiger charge is -2.03. The van der Waals surface area contributed by atoms with Crippen molar-refractivity contribution in [1.82, 2.24) is 15.3 Å². The summed E-state index contributed by atoms with van der Waals surface area (Å²) >= 11 is 0. The van der Waals surface area contributed by atoms with E-state index in [1.165, 1.54) is 0 Å². The van der Waals surface area contributed by atoms with Crippen molar-refractivity contribution in [2.24, 2.45) is 0 Å². The maximum Gasteiger partial charge on any atom is 0.220 e. The monoisotopic (exact) mass is 219 g/mol. The first-order valence-electron chi connectivity index (χ1n) is 5.50. The second-order valence-corrected chi connectivity index (χ2v) is 3.59. The van der Waals surface area contributed by atoms with Gasteiger partial charge in [0.15, 0.2) is 0 Å².